The summed E-state index contributed by atoms with van der Waals surface area (Å²) in [5, 5.41) is 11.0. The van der Waals surface area contributed by atoms with Gasteiger partial charge in [0, 0.05) is 11.8 Å². The molecule has 2 aromatic rings. The van der Waals surface area contributed by atoms with E-state index in [9.17, 15) is 9.90 Å². The van der Waals surface area contributed by atoms with E-state index < -0.39 is 5.91 Å². The quantitative estimate of drug-likeness (QED) is 0.380. The minimum Gasteiger partial charge on any atom is -0.876 e. The molecule has 1 aliphatic rings. The van der Waals surface area contributed by atoms with Crippen LogP contribution < -0.4 is 61.4 Å². The van der Waals surface area contributed by atoms with Gasteiger partial charge in [0.05, 0.1) is 0 Å². The molecule has 6 heteroatoms. The van der Waals surface area contributed by atoms with Crippen LogP contribution in [0.1, 0.15) is 11.1 Å². The third kappa shape index (κ3) is 3.21. The number of carbonyl (C=O) groups is 1. The maximum atomic E-state index is 12.3. The van der Waals surface area contributed by atoms with Crippen molar-refractivity contribution in [2.45, 2.75) is 6.92 Å². The Morgan fingerprint density at radius 3 is 2.45 bits per heavy atom. The van der Waals surface area contributed by atoms with E-state index in [1.165, 1.54) is 4.90 Å². The zero-order valence-electron chi connectivity index (χ0n) is 12.4. The number of aromatic nitrogens is 1. The Kier molecular flexibility index (Phi) is 5.66. The Labute approximate surface area is 170 Å². The van der Waals surface area contributed by atoms with Crippen LogP contribution in [0.25, 0.3) is 0 Å². The number of aliphatic imine (C=N–C) groups is 1. The third-order valence-corrected chi connectivity index (χ3v) is 3.16. The Bertz CT molecular complexity index is 740. The summed E-state index contributed by atoms with van der Waals surface area (Å²) in [6.07, 6.45) is 2.06. The molecule has 2 heterocycles. The van der Waals surface area contributed by atoms with E-state index >= 15 is 0 Å². The van der Waals surface area contributed by atoms with E-state index in [1.54, 1.807) is 24.4 Å². The van der Waals surface area contributed by atoms with Crippen molar-refractivity contribution < 1.29 is 61.3 Å². The van der Waals surface area contributed by atoms with Crippen LogP contribution in [0.2, 0.25) is 0 Å². The predicted molar refractivity (Wildman–Crippen MR) is 77.5 cm³/mol. The van der Waals surface area contributed by atoms with Crippen LogP contribution >= 0.6 is 0 Å². The number of carbonyl (C=O) groups excluding carboxylic acids is 1. The molecule has 22 heavy (non-hydrogen) atoms. The molecule has 0 spiro atoms. The van der Waals surface area contributed by atoms with Crippen molar-refractivity contribution >= 4 is 17.6 Å². The van der Waals surface area contributed by atoms with Gasteiger partial charge in [0.15, 0.2) is 0 Å². The summed E-state index contributed by atoms with van der Waals surface area (Å²) in [4.78, 5) is 22.0. The first-order valence-corrected chi connectivity index (χ1v) is 6.44. The van der Waals surface area contributed by atoms with Gasteiger partial charge in [-0.1, -0.05) is 35.9 Å². The van der Waals surface area contributed by atoms with Gasteiger partial charge in [-0.3, -0.25) is 4.79 Å². The van der Waals surface area contributed by atoms with E-state index in [1.807, 2.05) is 31.2 Å². The fourth-order valence-corrected chi connectivity index (χ4v) is 2.09. The Morgan fingerprint density at radius 2 is 1.86 bits per heavy atom. The zero-order valence-corrected chi connectivity index (χ0v) is 15.5. The largest absolute Gasteiger partial charge is 1.00 e. The molecule has 0 unspecified atom stereocenters. The molecule has 0 saturated heterocycles. The van der Waals surface area contributed by atoms with Crippen molar-refractivity contribution in [3.63, 3.8) is 0 Å². The van der Waals surface area contributed by atoms with Gasteiger partial charge in [-0.15, -0.1) is 6.26 Å². The summed E-state index contributed by atoms with van der Waals surface area (Å²) < 4.78 is 0. The predicted octanol–water partition coefficient (Wildman–Crippen LogP) is -1.61. The van der Waals surface area contributed by atoms with Gasteiger partial charge >= 0.3 is 51.4 Å². The van der Waals surface area contributed by atoms with Crippen molar-refractivity contribution in [3.05, 3.63) is 71.7 Å². The van der Waals surface area contributed by atoms with Crippen LogP contribution in [-0.4, -0.2) is 16.7 Å². The Hall–Kier alpha value is -1.31. The summed E-state index contributed by atoms with van der Waals surface area (Å²) in [5.74, 6) is 0.402. The number of anilines is 1. The van der Waals surface area contributed by atoms with Crippen molar-refractivity contribution in [1.82, 2.24) is 4.98 Å². The van der Waals surface area contributed by atoms with Gasteiger partial charge in [0.25, 0.3) is 5.91 Å². The molecule has 0 fully saturated rings. The zero-order chi connectivity index (χ0) is 14.8. The molecule has 3 rings (SSSR count). The second-order valence-electron chi connectivity index (χ2n) is 4.63. The first-order valence-electron chi connectivity index (χ1n) is 6.44. The Balaban J connectivity index is 0.00000176. The summed E-state index contributed by atoms with van der Waals surface area (Å²) in [6.45, 7) is 1.98. The molecule has 1 amide bonds. The minimum atomic E-state index is -0.459. The number of nitrogens with zero attached hydrogens (tertiary/aromatic N) is 3. The fourth-order valence-electron chi connectivity index (χ4n) is 2.09. The number of amides is 1. The second-order valence-corrected chi connectivity index (χ2v) is 4.63. The summed E-state index contributed by atoms with van der Waals surface area (Å²) in [5.41, 5.74) is 1.75. The van der Waals surface area contributed by atoms with E-state index in [0.29, 0.717) is 17.9 Å². The number of benzene rings is 1. The van der Waals surface area contributed by atoms with Crippen LogP contribution in [0.5, 0.6) is 0 Å². The molecule has 1 aliphatic heterocycles. The number of pyridine rings is 1. The maximum absolute atomic E-state index is 12.3. The summed E-state index contributed by atoms with van der Waals surface area (Å²) in [6, 6.07) is 12.8. The van der Waals surface area contributed by atoms with Crippen LogP contribution in [0.15, 0.2) is 65.6 Å². The van der Waals surface area contributed by atoms with E-state index in [-0.39, 0.29) is 57.1 Å². The van der Waals surface area contributed by atoms with Crippen LogP contribution in [0, 0.1) is 6.92 Å². The minimum absolute atomic E-state index is 0. The Morgan fingerprint density at radius 1 is 1.14 bits per heavy atom. The van der Waals surface area contributed by atoms with Crippen LogP contribution in [0.4, 0.5) is 5.82 Å². The molecule has 0 saturated carbocycles. The molecule has 0 aliphatic carbocycles. The molecule has 1 aromatic carbocycles. The average molecular weight is 317 g/mol. The number of rotatable bonds is 2. The SMILES string of the molecule is Cc1ccc(C2=N/C(=C/[O-])C(=O)N2c2ccccn2)cc1.[K+]. The number of hydrogen-bond donors (Lipinski definition) is 0. The number of aryl methyl sites for hydroxylation is 1. The van der Waals surface area contributed by atoms with Crippen molar-refractivity contribution in [3.8, 4) is 0 Å². The number of hydrogen-bond acceptors (Lipinski definition) is 4. The smallest absolute Gasteiger partial charge is 0.876 e. The topological polar surface area (TPSA) is 68.6 Å². The standard InChI is InChI=1S/C16H13N3O2.K/c1-11-5-7-12(8-6-11)15-18-13(10-20)16(21)19(15)14-4-2-3-9-17-14;/h2-10,20H,1H3;/q;+1/p-1/b13-10+;. The summed E-state index contributed by atoms with van der Waals surface area (Å²) in [7, 11) is 0. The second kappa shape index (κ2) is 7.30. The molecule has 1 aromatic heterocycles. The average Bonchev–Trinajstić information content (AvgIpc) is 2.85. The van der Waals surface area contributed by atoms with Crippen molar-refractivity contribution in [1.29, 1.82) is 0 Å². The van der Waals surface area contributed by atoms with Crippen LogP contribution in [-0.2, 0) is 4.79 Å². The van der Waals surface area contributed by atoms with Gasteiger partial charge < -0.3 is 5.11 Å². The van der Waals surface area contributed by atoms with E-state index in [4.69, 9.17) is 0 Å². The maximum Gasteiger partial charge on any atom is 1.00 e. The molecule has 0 N–H and O–H groups in total. The molecular weight excluding hydrogens is 305 g/mol. The van der Waals surface area contributed by atoms with E-state index in [2.05, 4.69) is 9.98 Å². The van der Waals surface area contributed by atoms with Gasteiger partial charge in [-0.2, -0.15) is 0 Å². The third-order valence-electron chi connectivity index (χ3n) is 3.16. The first kappa shape index (κ1) is 17.0. The molecule has 5 nitrogen and oxygen atoms in total. The number of amidine groups is 1. The first-order chi connectivity index (χ1) is 10.2. The van der Waals surface area contributed by atoms with Crippen LogP contribution in [0.3, 0.4) is 0 Å². The van der Waals surface area contributed by atoms with Crippen molar-refractivity contribution in [2.75, 3.05) is 4.90 Å². The normalized spacial score (nSPS) is 15.7. The molecule has 0 bridgehead atoms. The van der Waals surface area contributed by atoms with Gasteiger partial charge in [0.1, 0.15) is 17.4 Å². The molecular formula is C16H12KN3O2. The monoisotopic (exact) mass is 317 g/mol. The molecule has 0 atom stereocenters. The molecule has 104 valence electrons. The van der Waals surface area contributed by atoms with Gasteiger partial charge in [0.2, 0.25) is 0 Å². The van der Waals surface area contributed by atoms with Crippen molar-refractivity contribution in [2.24, 2.45) is 4.99 Å². The van der Waals surface area contributed by atoms with E-state index in [0.717, 1.165) is 11.1 Å². The van der Waals surface area contributed by atoms with Gasteiger partial charge in [-0.25, -0.2) is 14.9 Å². The van der Waals surface area contributed by atoms with Gasteiger partial charge in [-0.05, 0) is 19.1 Å². The summed E-state index contributed by atoms with van der Waals surface area (Å²) >= 11 is 0. The molecule has 0 radical (unpaired) electrons. The fraction of sp³-hybridized carbons (Fsp3) is 0.0625.